The molecule has 1 amide bonds. The molecule has 2 aromatic carbocycles. The van der Waals surface area contributed by atoms with Crippen LogP contribution < -0.4 is 25.4 Å². The smallest absolute Gasteiger partial charge is 0.223 e. The minimum Gasteiger partial charge on any atom is -0.493 e. The minimum atomic E-state index is -0.480. The van der Waals surface area contributed by atoms with Gasteiger partial charge >= 0.3 is 0 Å². The number of rotatable bonds is 12. The average molecular weight is 580 g/mol. The Morgan fingerprint density at radius 2 is 2.05 bits per heavy atom. The van der Waals surface area contributed by atoms with E-state index in [-0.39, 0.29) is 18.8 Å². The summed E-state index contributed by atoms with van der Waals surface area (Å²) in [6.45, 7) is 4.20. The third kappa shape index (κ3) is 7.18. The Kier molecular flexibility index (Phi) is 9.55. The van der Waals surface area contributed by atoms with Gasteiger partial charge in [0.2, 0.25) is 5.91 Å². The number of amides is 1. The number of aliphatic imine (C=N–C) groups is 1. The number of halogens is 1. The van der Waals surface area contributed by atoms with Gasteiger partial charge in [-0.1, -0.05) is 6.07 Å². The van der Waals surface area contributed by atoms with Crippen molar-refractivity contribution in [3.8, 4) is 11.5 Å². The fourth-order valence-corrected chi connectivity index (χ4v) is 5.47. The first kappa shape index (κ1) is 29.3. The number of primary amides is 1. The Morgan fingerprint density at radius 1 is 1.21 bits per heavy atom. The Morgan fingerprint density at radius 3 is 2.79 bits per heavy atom. The van der Waals surface area contributed by atoms with E-state index in [1.807, 2.05) is 17.0 Å². The molecule has 224 valence electrons. The number of hydrogen-bond donors (Lipinski definition) is 4. The van der Waals surface area contributed by atoms with Gasteiger partial charge in [0.05, 0.1) is 32.5 Å². The van der Waals surface area contributed by atoms with E-state index in [0.29, 0.717) is 53.7 Å². The summed E-state index contributed by atoms with van der Waals surface area (Å²) in [5.41, 5.74) is 7.99. The van der Waals surface area contributed by atoms with Crippen molar-refractivity contribution >= 4 is 28.9 Å². The second-order valence-electron chi connectivity index (χ2n) is 10.6. The number of aromatic amines is 1. The van der Waals surface area contributed by atoms with E-state index in [9.17, 15) is 14.3 Å². The second-order valence-corrected chi connectivity index (χ2v) is 10.6. The van der Waals surface area contributed by atoms with Gasteiger partial charge in [-0.3, -0.25) is 9.89 Å². The van der Waals surface area contributed by atoms with Crippen molar-refractivity contribution in [2.24, 2.45) is 16.6 Å². The molecule has 0 bridgehead atoms. The molecule has 5 rings (SSSR count). The lowest BCUT2D eigenvalue weighted by molar-refractivity contribution is -0.117. The zero-order chi connectivity index (χ0) is 29.5. The summed E-state index contributed by atoms with van der Waals surface area (Å²) >= 11 is 0. The number of carbonyl (C=O) groups is 1. The van der Waals surface area contributed by atoms with Crippen LogP contribution in [0.3, 0.4) is 0 Å². The van der Waals surface area contributed by atoms with Crippen LogP contribution in [0.25, 0.3) is 0 Å². The van der Waals surface area contributed by atoms with Crippen LogP contribution in [0.2, 0.25) is 0 Å². The highest BCUT2D eigenvalue weighted by Gasteiger charge is 2.27. The van der Waals surface area contributed by atoms with Gasteiger partial charge < -0.3 is 35.4 Å². The first-order valence-electron chi connectivity index (χ1n) is 14.3. The molecule has 1 saturated heterocycles. The predicted octanol–water partition coefficient (Wildman–Crippen LogP) is 3.42. The molecule has 0 radical (unpaired) electrons. The summed E-state index contributed by atoms with van der Waals surface area (Å²) in [5.74, 6) is 1.84. The highest BCUT2D eigenvalue weighted by Crippen LogP contribution is 2.38. The number of aromatic nitrogens is 2. The third-order valence-corrected chi connectivity index (χ3v) is 7.67. The molecule has 2 aliphatic heterocycles. The minimum absolute atomic E-state index is 0.0140. The Hall–Kier alpha value is -4.16. The summed E-state index contributed by atoms with van der Waals surface area (Å²) in [6, 6.07) is 11.7. The molecule has 0 atom stereocenters. The van der Waals surface area contributed by atoms with Crippen molar-refractivity contribution in [2.45, 2.75) is 32.1 Å². The van der Waals surface area contributed by atoms with E-state index in [1.165, 1.54) is 12.1 Å². The number of aliphatic hydroxyl groups excluding tert-OH is 1. The summed E-state index contributed by atoms with van der Waals surface area (Å²) in [4.78, 5) is 20.5. The predicted molar refractivity (Wildman–Crippen MR) is 159 cm³/mol. The molecule has 2 aliphatic rings. The molecule has 5 N–H and O–H groups in total. The van der Waals surface area contributed by atoms with Crippen molar-refractivity contribution in [3.63, 3.8) is 0 Å². The topological polar surface area (TPSA) is 141 Å². The third-order valence-electron chi connectivity index (χ3n) is 7.67. The number of likely N-dealkylation sites (tertiary alicyclic amines) is 1. The van der Waals surface area contributed by atoms with E-state index in [1.54, 1.807) is 25.3 Å². The molecule has 3 heterocycles. The van der Waals surface area contributed by atoms with Crippen LogP contribution in [-0.4, -0.2) is 78.6 Å². The van der Waals surface area contributed by atoms with Crippen LogP contribution in [0.1, 0.15) is 36.9 Å². The van der Waals surface area contributed by atoms with Gasteiger partial charge in [-0.15, -0.1) is 0 Å². The molecular formula is C30H38FN7O4. The lowest BCUT2D eigenvalue weighted by atomic mass is 9.94. The van der Waals surface area contributed by atoms with Gasteiger partial charge in [-0.25, -0.2) is 9.38 Å². The first-order chi connectivity index (χ1) is 20.4. The van der Waals surface area contributed by atoms with Crippen LogP contribution >= 0.6 is 0 Å². The number of piperidine rings is 1. The molecule has 0 aliphatic carbocycles. The molecule has 42 heavy (non-hydrogen) atoms. The number of benzene rings is 2. The SMILES string of the molecule is COc1cc2c(cc1OCCCN1CCC(CCO)CC1)NCN(c1cccc(F)c1)C2=Nc1cc(CC(N)=O)[nH]n1. The average Bonchev–Trinajstić information content (AvgIpc) is 3.42. The number of anilines is 2. The molecule has 11 nitrogen and oxygen atoms in total. The summed E-state index contributed by atoms with van der Waals surface area (Å²) in [6.07, 6.45) is 4.05. The first-order valence-corrected chi connectivity index (χ1v) is 14.3. The number of aliphatic hydroxyl groups is 1. The van der Waals surface area contributed by atoms with Crippen molar-refractivity contribution in [1.29, 1.82) is 0 Å². The molecule has 0 saturated carbocycles. The van der Waals surface area contributed by atoms with Crippen LogP contribution in [0, 0.1) is 11.7 Å². The molecule has 12 heteroatoms. The van der Waals surface area contributed by atoms with Crippen LogP contribution in [-0.2, 0) is 11.2 Å². The maximum absolute atomic E-state index is 14.2. The quantitative estimate of drug-likeness (QED) is 0.239. The van der Waals surface area contributed by atoms with Crippen LogP contribution in [0.5, 0.6) is 11.5 Å². The fourth-order valence-electron chi connectivity index (χ4n) is 5.47. The van der Waals surface area contributed by atoms with Gasteiger partial charge in [-0.2, -0.15) is 5.10 Å². The number of H-pyrrole nitrogens is 1. The molecule has 1 fully saturated rings. The lowest BCUT2D eigenvalue weighted by Gasteiger charge is -2.33. The van der Waals surface area contributed by atoms with E-state index < -0.39 is 5.91 Å². The Labute approximate surface area is 244 Å². The van der Waals surface area contributed by atoms with Crippen LogP contribution in [0.4, 0.5) is 21.6 Å². The van der Waals surface area contributed by atoms with Crippen molar-refractivity contribution in [1.82, 2.24) is 15.1 Å². The lowest BCUT2D eigenvalue weighted by Crippen LogP contribution is -2.40. The van der Waals surface area contributed by atoms with Gasteiger partial charge in [-0.05, 0) is 69.0 Å². The van der Waals surface area contributed by atoms with E-state index in [2.05, 4.69) is 20.4 Å². The summed E-state index contributed by atoms with van der Waals surface area (Å²) < 4.78 is 26.1. The molecular weight excluding hydrogens is 541 g/mol. The van der Waals surface area contributed by atoms with Gasteiger partial charge in [0.15, 0.2) is 17.3 Å². The second kappa shape index (κ2) is 13.7. The normalized spacial score (nSPS) is 16.7. The van der Waals surface area contributed by atoms with Crippen molar-refractivity contribution < 1.29 is 23.8 Å². The van der Waals surface area contributed by atoms with E-state index >= 15 is 0 Å². The largest absolute Gasteiger partial charge is 0.493 e. The van der Waals surface area contributed by atoms with Crippen LogP contribution in [0.15, 0.2) is 47.5 Å². The van der Waals surface area contributed by atoms with E-state index in [4.69, 9.17) is 20.2 Å². The number of amidine groups is 1. The monoisotopic (exact) mass is 579 g/mol. The number of carbonyl (C=O) groups excluding carboxylic acids is 1. The fraction of sp³-hybridized carbons (Fsp3) is 0.433. The number of methoxy groups -OCH3 is 1. The van der Waals surface area contributed by atoms with Crippen molar-refractivity contribution in [3.05, 3.63) is 59.5 Å². The number of hydrogen-bond acceptors (Lipinski definition) is 8. The Bertz CT molecular complexity index is 1400. The summed E-state index contributed by atoms with van der Waals surface area (Å²) in [7, 11) is 1.59. The molecule has 0 unspecified atom stereocenters. The maximum atomic E-state index is 14.2. The standard InChI is InChI=1S/C30H38FN7O4/c1-41-26-17-24-25(18-27(26)42-13-3-9-37-10-6-20(7-11-37)8-12-39)33-19-38(23-5-2-4-21(31)14-23)30(24)34-29-16-22(35-36-29)15-28(32)40/h2,4-5,14,16-18,20,33,39H,3,6-13,15,19H2,1H3,(H2,32,40)(H,35,36). The zero-order valence-corrected chi connectivity index (χ0v) is 23.8. The number of nitrogens with two attached hydrogens (primary N) is 1. The van der Waals surface area contributed by atoms with Gasteiger partial charge in [0.1, 0.15) is 11.7 Å². The number of fused-ring (bicyclic) bond motifs is 1. The maximum Gasteiger partial charge on any atom is 0.223 e. The van der Waals surface area contributed by atoms with Crippen molar-refractivity contribution in [2.75, 3.05) is 56.8 Å². The number of nitrogens with one attached hydrogen (secondary N) is 2. The summed E-state index contributed by atoms with van der Waals surface area (Å²) in [5, 5.41) is 19.6. The Balaban J connectivity index is 1.35. The molecule has 3 aromatic rings. The highest BCUT2D eigenvalue weighted by atomic mass is 19.1. The highest BCUT2D eigenvalue weighted by molar-refractivity contribution is 6.16. The molecule has 1 aromatic heterocycles. The van der Waals surface area contributed by atoms with Gasteiger partial charge in [0, 0.05) is 42.2 Å². The molecule has 0 spiro atoms. The van der Waals surface area contributed by atoms with E-state index in [0.717, 1.165) is 56.6 Å². The number of ether oxygens (including phenoxy) is 2. The number of nitrogens with zero attached hydrogens (tertiary/aromatic N) is 4. The van der Waals surface area contributed by atoms with Gasteiger partial charge in [0.25, 0.3) is 0 Å². The zero-order valence-electron chi connectivity index (χ0n) is 23.8.